The largest absolute Gasteiger partial charge is 0.352 e. The van der Waals surface area contributed by atoms with Crippen LogP contribution in [0.5, 0.6) is 0 Å². The van der Waals surface area contributed by atoms with Crippen molar-refractivity contribution in [3.05, 3.63) is 76.6 Å². The molecule has 0 unspecified atom stereocenters. The molecular formula is C25H27N3O. The SMILES string of the molecule is CC(C)(C)c1cccc(C#Cc2cccc(C(=O)NCCCC3=CCN=C3)c2)n1. The van der Waals surface area contributed by atoms with E-state index in [1.807, 2.05) is 48.7 Å². The zero-order chi connectivity index (χ0) is 20.7. The van der Waals surface area contributed by atoms with E-state index in [2.05, 4.69) is 54.0 Å². The molecule has 0 saturated carbocycles. The summed E-state index contributed by atoms with van der Waals surface area (Å²) in [7, 11) is 0. The second kappa shape index (κ2) is 9.34. The summed E-state index contributed by atoms with van der Waals surface area (Å²) >= 11 is 0. The van der Waals surface area contributed by atoms with E-state index in [0.29, 0.717) is 12.1 Å². The minimum absolute atomic E-state index is 0.0171. The quantitative estimate of drug-likeness (QED) is 0.616. The van der Waals surface area contributed by atoms with Crippen LogP contribution in [0.1, 0.15) is 60.9 Å². The molecular weight excluding hydrogens is 358 g/mol. The lowest BCUT2D eigenvalue weighted by molar-refractivity contribution is 0.0953. The molecule has 0 radical (unpaired) electrons. The molecule has 1 aliphatic rings. The van der Waals surface area contributed by atoms with Crippen molar-refractivity contribution in [3.8, 4) is 11.8 Å². The zero-order valence-corrected chi connectivity index (χ0v) is 17.3. The highest BCUT2D eigenvalue weighted by atomic mass is 16.1. The van der Waals surface area contributed by atoms with Gasteiger partial charge in [-0.3, -0.25) is 9.79 Å². The number of rotatable bonds is 5. The molecule has 4 heteroatoms. The average Bonchev–Trinajstić information content (AvgIpc) is 3.23. The molecule has 1 aromatic carbocycles. The fourth-order valence-electron chi connectivity index (χ4n) is 2.95. The van der Waals surface area contributed by atoms with E-state index in [9.17, 15) is 4.79 Å². The van der Waals surface area contributed by atoms with Crippen LogP contribution in [0.15, 0.2) is 59.1 Å². The van der Waals surface area contributed by atoms with Crippen LogP contribution >= 0.6 is 0 Å². The summed E-state index contributed by atoms with van der Waals surface area (Å²) in [5.74, 6) is 6.16. The van der Waals surface area contributed by atoms with Crippen molar-refractivity contribution in [1.82, 2.24) is 10.3 Å². The standard InChI is InChI=1S/C25H27N3O/c1-25(2,3)23-11-5-10-22(28-23)13-12-19-7-4-9-21(17-19)24(29)27-15-6-8-20-14-16-26-18-20/h4-5,7,9-11,14,17-18H,6,8,15-16H2,1-3H3,(H,27,29). The number of hydrogen-bond acceptors (Lipinski definition) is 3. The molecule has 2 aromatic rings. The maximum Gasteiger partial charge on any atom is 0.251 e. The second-order valence-corrected chi connectivity index (χ2v) is 8.12. The van der Waals surface area contributed by atoms with Crippen LogP contribution in [0.3, 0.4) is 0 Å². The molecule has 0 saturated heterocycles. The van der Waals surface area contributed by atoms with Crippen LogP contribution in [0.25, 0.3) is 0 Å². The van der Waals surface area contributed by atoms with Crippen molar-refractivity contribution < 1.29 is 4.79 Å². The first-order chi connectivity index (χ1) is 13.9. The van der Waals surface area contributed by atoms with Crippen molar-refractivity contribution in [2.45, 2.75) is 39.0 Å². The molecule has 0 aliphatic carbocycles. The summed E-state index contributed by atoms with van der Waals surface area (Å²) in [6.07, 6.45) is 5.88. The molecule has 0 bridgehead atoms. The molecule has 3 rings (SSSR count). The van der Waals surface area contributed by atoms with Gasteiger partial charge in [-0.25, -0.2) is 4.98 Å². The smallest absolute Gasteiger partial charge is 0.251 e. The Morgan fingerprint density at radius 3 is 2.72 bits per heavy atom. The fraction of sp³-hybridized carbons (Fsp3) is 0.320. The van der Waals surface area contributed by atoms with Gasteiger partial charge in [-0.1, -0.05) is 44.9 Å². The molecule has 29 heavy (non-hydrogen) atoms. The number of nitrogens with zero attached hydrogens (tertiary/aromatic N) is 2. The number of aliphatic imine (C=N–C) groups is 1. The van der Waals surface area contributed by atoms with E-state index in [-0.39, 0.29) is 11.3 Å². The summed E-state index contributed by atoms with van der Waals surface area (Å²) in [5.41, 5.74) is 4.40. The third-order valence-electron chi connectivity index (χ3n) is 4.62. The van der Waals surface area contributed by atoms with Crippen LogP contribution < -0.4 is 5.32 Å². The minimum Gasteiger partial charge on any atom is -0.352 e. The van der Waals surface area contributed by atoms with Crippen molar-refractivity contribution >= 4 is 12.1 Å². The number of aromatic nitrogens is 1. The van der Waals surface area contributed by atoms with Crippen LogP contribution in [-0.4, -0.2) is 30.2 Å². The molecule has 4 nitrogen and oxygen atoms in total. The molecule has 148 valence electrons. The molecule has 1 amide bonds. The van der Waals surface area contributed by atoms with Gasteiger partial charge < -0.3 is 5.32 Å². The summed E-state index contributed by atoms with van der Waals surface area (Å²) in [5, 5.41) is 2.98. The normalized spacial score (nSPS) is 12.9. The Kier molecular flexibility index (Phi) is 6.61. The van der Waals surface area contributed by atoms with Gasteiger partial charge in [-0.05, 0) is 54.7 Å². The maximum atomic E-state index is 12.4. The Labute approximate surface area is 173 Å². The first kappa shape index (κ1) is 20.5. The van der Waals surface area contributed by atoms with E-state index in [4.69, 9.17) is 0 Å². The lowest BCUT2D eigenvalue weighted by Gasteiger charge is -2.17. The molecule has 0 fully saturated rings. The Bertz CT molecular complexity index is 1000. The molecule has 1 N–H and O–H groups in total. The monoisotopic (exact) mass is 385 g/mol. The first-order valence-corrected chi connectivity index (χ1v) is 9.98. The number of allylic oxidation sites excluding steroid dienone is 1. The van der Waals surface area contributed by atoms with Gasteiger partial charge in [0.25, 0.3) is 5.91 Å². The molecule has 1 aliphatic heterocycles. The van der Waals surface area contributed by atoms with Crippen molar-refractivity contribution in [2.24, 2.45) is 4.99 Å². The predicted octanol–water partition coefficient (Wildman–Crippen LogP) is 4.30. The van der Waals surface area contributed by atoms with E-state index in [1.165, 1.54) is 5.57 Å². The van der Waals surface area contributed by atoms with Crippen LogP contribution in [0, 0.1) is 11.8 Å². The van der Waals surface area contributed by atoms with Crippen molar-refractivity contribution in [1.29, 1.82) is 0 Å². The second-order valence-electron chi connectivity index (χ2n) is 8.12. The third kappa shape index (κ3) is 6.15. The number of benzene rings is 1. The van der Waals surface area contributed by atoms with Gasteiger partial charge in [0.2, 0.25) is 0 Å². The summed E-state index contributed by atoms with van der Waals surface area (Å²) in [6, 6.07) is 13.3. The average molecular weight is 386 g/mol. The van der Waals surface area contributed by atoms with Gasteiger partial charge in [0.1, 0.15) is 5.69 Å². The van der Waals surface area contributed by atoms with Gasteiger partial charge in [-0.15, -0.1) is 0 Å². The maximum absolute atomic E-state index is 12.4. The number of carbonyl (C=O) groups excluding carboxylic acids is 1. The van der Waals surface area contributed by atoms with Crippen LogP contribution in [-0.2, 0) is 5.41 Å². The highest BCUT2D eigenvalue weighted by Crippen LogP contribution is 2.19. The van der Waals surface area contributed by atoms with E-state index in [1.54, 1.807) is 0 Å². The van der Waals surface area contributed by atoms with Crippen LogP contribution in [0.2, 0.25) is 0 Å². The van der Waals surface area contributed by atoms with Crippen molar-refractivity contribution in [3.63, 3.8) is 0 Å². The molecule has 2 heterocycles. The van der Waals surface area contributed by atoms with E-state index >= 15 is 0 Å². The lowest BCUT2D eigenvalue weighted by atomic mass is 9.91. The van der Waals surface area contributed by atoms with E-state index < -0.39 is 0 Å². The molecule has 0 spiro atoms. The Morgan fingerprint density at radius 1 is 1.14 bits per heavy atom. The third-order valence-corrected chi connectivity index (χ3v) is 4.62. The van der Waals surface area contributed by atoms with Gasteiger partial charge in [0.05, 0.1) is 6.54 Å². The number of hydrogen-bond donors (Lipinski definition) is 1. The van der Waals surface area contributed by atoms with Gasteiger partial charge in [0, 0.05) is 35.0 Å². The van der Waals surface area contributed by atoms with Gasteiger partial charge >= 0.3 is 0 Å². The molecule has 0 atom stereocenters. The lowest BCUT2D eigenvalue weighted by Crippen LogP contribution is -2.24. The van der Waals surface area contributed by atoms with Gasteiger partial charge in [0.15, 0.2) is 0 Å². The van der Waals surface area contributed by atoms with Gasteiger partial charge in [-0.2, -0.15) is 0 Å². The highest BCUT2D eigenvalue weighted by Gasteiger charge is 2.14. The highest BCUT2D eigenvalue weighted by molar-refractivity contribution is 5.94. The number of nitrogens with one attached hydrogen (secondary N) is 1. The summed E-state index contributed by atoms with van der Waals surface area (Å²) in [6.45, 7) is 7.82. The first-order valence-electron chi connectivity index (χ1n) is 9.98. The Morgan fingerprint density at radius 2 is 1.97 bits per heavy atom. The Balaban J connectivity index is 1.60. The predicted molar refractivity (Wildman–Crippen MR) is 118 cm³/mol. The zero-order valence-electron chi connectivity index (χ0n) is 17.3. The number of carbonyl (C=O) groups is 1. The van der Waals surface area contributed by atoms with Crippen molar-refractivity contribution in [2.75, 3.05) is 13.1 Å². The van der Waals surface area contributed by atoms with Crippen LogP contribution in [0.4, 0.5) is 0 Å². The fourth-order valence-corrected chi connectivity index (χ4v) is 2.95. The Hall–Kier alpha value is -3.19. The van der Waals surface area contributed by atoms with E-state index in [0.717, 1.165) is 36.3 Å². The summed E-state index contributed by atoms with van der Waals surface area (Å²) in [4.78, 5) is 21.2. The summed E-state index contributed by atoms with van der Waals surface area (Å²) < 4.78 is 0. The topological polar surface area (TPSA) is 54.4 Å². The number of amides is 1. The molecule has 1 aromatic heterocycles. The minimum atomic E-state index is -0.0735. The number of pyridine rings is 1.